The summed E-state index contributed by atoms with van der Waals surface area (Å²) in [7, 11) is -3.76. The molecule has 0 bridgehead atoms. The SMILES string of the molecule is N#C/C(=C/NC(=S)Nc1ccc(S(=O)(=O)Nc2nccs2)cc1)C(=O)c1ccc2ccccc2c1. The molecule has 0 amide bonds. The van der Waals surface area contributed by atoms with Crippen molar-refractivity contribution in [1.29, 1.82) is 5.26 Å². The highest BCUT2D eigenvalue weighted by atomic mass is 32.2. The molecule has 0 atom stereocenters. The minimum absolute atomic E-state index is 0.0600. The Labute approximate surface area is 211 Å². The summed E-state index contributed by atoms with van der Waals surface area (Å²) < 4.78 is 27.2. The summed E-state index contributed by atoms with van der Waals surface area (Å²) in [4.78, 5) is 16.7. The number of ketones is 1. The first-order chi connectivity index (χ1) is 16.9. The molecule has 0 spiro atoms. The molecule has 0 radical (unpaired) electrons. The molecule has 1 heterocycles. The zero-order valence-electron chi connectivity index (χ0n) is 17.9. The van der Waals surface area contributed by atoms with Gasteiger partial charge in [-0.2, -0.15) is 5.26 Å². The van der Waals surface area contributed by atoms with Crippen molar-refractivity contribution in [3.8, 4) is 6.07 Å². The summed E-state index contributed by atoms with van der Waals surface area (Å²) in [5, 5.41) is 19.0. The number of carbonyl (C=O) groups excluding carboxylic acids is 1. The summed E-state index contributed by atoms with van der Waals surface area (Å²) in [5.41, 5.74) is 0.794. The van der Waals surface area contributed by atoms with Gasteiger partial charge in [-0.1, -0.05) is 36.4 Å². The number of nitrogens with zero attached hydrogens (tertiary/aromatic N) is 2. The number of thiocarbonyl (C=S) groups is 1. The fourth-order valence-electron chi connectivity index (χ4n) is 3.10. The first kappa shape index (κ1) is 24.0. The van der Waals surface area contributed by atoms with Gasteiger partial charge in [0.05, 0.1) is 4.90 Å². The van der Waals surface area contributed by atoms with Crippen LogP contribution in [0, 0.1) is 11.3 Å². The number of fused-ring (bicyclic) bond motifs is 1. The highest BCUT2D eigenvalue weighted by Crippen LogP contribution is 2.20. The number of carbonyl (C=O) groups is 1. The van der Waals surface area contributed by atoms with E-state index in [1.165, 1.54) is 35.9 Å². The number of thiazole rings is 1. The van der Waals surface area contributed by atoms with Gasteiger partial charge < -0.3 is 10.6 Å². The number of hydrogen-bond donors (Lipinski definition) is 3. The maximum absolute atomic E-state index is 12.8. The number of nitriles is 1. The van der Waals surface area contributed by atoms with E-state index in [-0.39, 0.29) is 20.7 Å². The fraction of sp³-hybridized carbons (Fsp3) is 0. The van der Waals surface area contributed by atoms with E-state index in [0.29, 0.717) is 11.3 Å². The van der Waals surface area contributed by atoms with Crippen molar-refractivity contribution in [1.82, 2.24) is 10.3 Å². The van der Waals surface area contributed by atoms with Gasteiger partial charge in [-0.3, -0.25) is 9.52 Å². The van der Waals surface area contributed by atoms with E-state index in [4.69, 9.17) is 12.2 Å². The molecule has 0 aliphatic carbocycles. The number of Topliss-reactive ketones (excluding diaryl/α,β-unsaturated/α-hetero) is 1. The Hall–Kier alpha value is -4.11. The first-order valence-electron chi connectivity index (χ1n) is 10.1. The molecule has 3 aromatic carbocycles. The molecular formula is C24H17N5O3S3. The van der Waals surface area contributed by atoms with Gasteiger partial charge in [-0.05, 0) is 53.3 Å². The lowest BCUT2D eigenvalue weighted by Crippen LogP contribution is -2.24. The summed E-state index contributed by atoms with van der Waals surface area (Å²) in [6.45, 7) is 0. The third kappa shape index (κ3) is 5.88. The average molecular weight is 520 g/mol. The van der Waals surface area contributed by atoms with Crippen LogP contribution in [0.3, 0.4) is 0 Å². The van der Waals surface area contributed by atoms with Crippen LogP contribution in [0.2, 0.25) is 0 Å². The Kier molecular flexibility index (Phi) is 7.17. The second kappa shape index (κ2) is 10.4. The summed E-state index contributed by atoms with van der Waals surface area (Å²) in [6.07, 6.45) is 2.74. The van der Waals surface area contributed by atoms with Gasteiger partial charge in [0.25, 0.3) is 10.0 Å². The molecule has 0 aliphatic heterocycles. The van der Waals surface area contributed by atoms with Crippen molar-refractivity contribution in [2.45, 2.75) is 4.90 Å². The molecule has 8 nitrogen and oxygen atoms in total. The molecule has 4 rings (SSSR count). The van der Waals surface area contributed by atoms with Gasteiger partial charge in [0.2, 0.25) is 5.78 Å². The van der Waals surface area contributed by atoms with Crippen LogP contribution in [0.5, 0.6) is 0 Å². The molecule has 0 aliphatic rings. The molecule has 174 valence electrons. The van der Waals surface area contributed by atoms with E-state index >= 15 is 0 Å². The number of anilines is 2. The van der Waals surface area contributed by atoms with Crippen molar-refractivity contribution in [2.24, 2.45) is 0 Å². The van der Waals surface area contributed by atoms with Crippen LogP contribution in [0.4, 0.5) is 10.8 Å². The van der Waals surface area contributed by atoms with Crippen LogP contribution < -0.4 is 15.4 Å². The second-order valence-corrected chi connectivity index (χ2v) is 10.1. The van der Waals surface area contributed by atoms with Gasteiger partial charge in [0.1, 0.15) is 11.6 Å². The van der Waals surface area contributed by atoms with Crippen molar-refractivity contribution < 1.29 is 13.2 Å². The minimum Gasteiger partial charge on any atom is -0.338 e. The first-order valence-corrected chi connectivity index (χ1v) is 12.9. The topological polar surface area (TPSA) is 124 Å². The monoisotopic (exact) mass is 519 g/mol. The highest BCUT2D eigenvalue weighted by Gasteiger charge is 2.16. The highest BCUT2D eigenvalue weighted by molar-refractivity contribution is 7.93. The average Bonchev–Trinajstić information content (AvgIpc) is 3.36. The number of aromatic nitrogens is 1. The lowest BCUT2D eigenvalue weighted by Gasteiger charge is -2.10. The number of benzene rings is 3. The minimum atomic E-state index is -3.76. The lowest BCUT2D eigenvalue weighted by molar-refractivity contribution is 0.103. The maximum atomic E-state index is 12.8. The van der Waals surface area contributed by atoms with Gasteiger partial charge in [-0.25, -0.2) is 13.4 Å². The van der Waals surface area contributed by atoms with Crippen LogP contribution in [0.25, 0.3) is 10.8 Å². The molecule has 35 heavy (non-hydrogen) atoms. The lowest BCUT2D eigenvalue weighted by atomic mass is 10.0. The Balaban J connectivity index is 1.40. The molecular weight excluding hydrogens is 502 g/mol. The zero-order valence-corrected chi connectivity index (χ0v) is 20.4. The normalized spacial score (nSPS) is 11.5. The van der Waals surface area contributed by atoms with E-state index in [1.807, 2.05) is 36.4 Å². The summed E-state index contributed by atoms with van der Waals surface area (Å²) in [5.74, 6) is -0.434. The Morgan fingerprint density at radius 3 is 2.49 bits per heavy atom. The van der Waals surface area contributed by atoms with Crippen LogP contribution in [-0.4, -0.2) is 24.3 Å². The summed E-state index contributed by atoms with van der Waals surface area (Å²) >= 11 is 6.40. The van der Waals surface area contributed by atoms with E-state index in [1.54, 1.807) is 29.6 Å². The van der Waals surface area contributed by atoms with Crippen LogP contribution >= 0.6 is 23.6 Å². The Morgan fingerprint density at radius 1 is 1.06 bits per heavy atom. The van der Waals surface area contributed by atoms with Gasteiger partial charge in [-0.15, -0.1) is 11.3 Å². The molecule has 11 heteroatoms. The maximum Gasteiger partial charge on any atom is 0.263 e. The number of nitrogens with one attached hydrogen (secondary N) is 3. The third-order valence-corrected chi connectivity index (χ3v) is 7.19. The fourth-order valence-corrected chi connectivity index (χ4v) is 5.07. The van der Waals surface area contributed by atoms with Crippen molar-refractivity contribution in [2.75, 3.05) is 10.0 Å². The summed E-state index contributed by atoms with van der Waals surface area (Å²) in [6, 6.07) is 20.7. The molecule has 4 aromatic rings. The number of hydrogen-bond acceptors (Lipinski definition) is 7. The molecule has 0 saturated carbocycles. The Bertz CT molecular complexity index is 1570. The molecule has 1 aromatic heterocycles. The quantitative estimate of drug-likeness (QED) is 0.139. The zero-order chi connectivity index (χ0) is 24.8. The Morgan fingerprint density at radius 2 is 1.80 bits per heavy atom. The van der Waals surface area contributed by atoms with Crippen LogP contribution in [0.1, 0.15) is 10.4 Å². The van der Waals surface area contributed by atoms with Crippen molar-refractivity contribution in [3.05, 3.63) is 95.6 Å². The van der Waals surface area contributed by atoms with Gasteiger partial charge in [0.15, 0.2) is 10.2 Å². The van der Waals surface area contributed by atoms with E-state index in [9.17, 15) is 18.5 Å². The molecule has 3 N–H and O–H groups in total. The second-order valence-electron chi connectivity index (χ2n) is 7.13. The van der Waals surface area contributed by atoms with Crippen molar-refractivity contribution >= 4 is 66.1 Å². The third-order valence-electron chi connectivity index (χ3n) is 4.80. The molecule has 0 unspecified atom stereocenters. The predicted molar refractivity (Wildman–Crippen MR) is 141 cm³/mol. The largest absolute Gasteiger partial charge is 0.338 e. The molecule has 0 saturated heterocycles. The van der Waals surface area contributed by atoms with E-state index < -0.39 is 15.8 Å². The van der Waals surface area contributed by atoms with Gasteiger partial charge >= 0.3 is 0 Å². The van der Waals surface area contributed by atoms with Crippen LogP contribution in [-0.2, 0) is 10.0 Å². The number of sulfonamides is 1. The number of rotatable bonds is 7. The van der Waals surface area contributed by atoms with E-state index in [2.05, 4.69) is 20.3 Å². The van der Waals surface area contributed by atoms with Crippen molar-refractivity contribution in [3.63, 3.8) is 0 Å². The number of allylic oxidation sites excluding steroid dienone is 1. The molecule has 0 fully saturated rings. The van der Waals surface area contributed by atoms with E-state index in [0.717, 1.165) is 10.8 Å². The predicted octanol–water partition coefficient (Wildman–Crippen LogP) is 4.67. The standard InChI is InChI=1S/C24H17N5O3S3/c25-14-19(22(30)18-6-5-16-3-1-2-4-17(16)13-18)15-27-23(33)28-20-7-9-21(10-8-20)35(31,32)29-24-26-11-12-34-24/h1-13,15H,(H,26,29)(H2,27,28,33)/b19-15-. The smallest absolute Gasteiger partial charge is 0.263 e. The van der Waals surface area contributed by atoms with Crippen LogP contribution in [0.15, 0.2) is 95.0 Å². The van der Waals surface area contributed by atoms with Gasteiger partial charge in [0, 0.05) is 29.0 Å².